The van der Waals surface area contributed by atoms with Crippen LogP contribution in [0.5, 0.6) is 0 Å². The Morgan fingerprint density at radius 1 is 1.13 bits per heavy atom. The van der Waals surface area contributed by atoms with Gasteiger partial charge in [-0.25, -0.2) is 10.8 Å². The molecule has 0 aromatic heterocycles. The van der Waals surface area contributed by atoms with E-state index in [0.29, 0.717) is 18.0 Å². The highest BCUT2D eigenvalue weighted by Crippen LogP contribution is 2.08. The van der Waals surface area contributed by atoms with E-state index in [2.05, 4.69) is 50.4 Å². The molecule has 0 aromatic carbocycles. The van der Waals surface area contributed by atoms with E-state index in [9.17, 15) is 0 Å². The number of nitrogens with one attached hydrogen (secondary N) is 2. The molecule has 15 heavy (non-hydrogen) atoms. The first-order chi connectivity index (χ1) is 6.95. The molecule has 4 N–H and O–H groups in total. The highest BCUT2D eigenvalue weighted by atomic mass is 15.3. The second kappa shape index (κ2) is 7.51. The molecule has 0 radical (unpaired) electrons. The van der Waals surface area contributed by atoms with E-state index in [1.54, 1.807) is 0 Å². The van der Waals surface area contributed by atoms with Crippen molar-refractivity contribution in [2.24, 2.45) is 16.8 Å². The lowest BCUT2D eigenvalue weighted by Gasteiger charge is -2.15. The highest BCUT2D eigenvalue weighted by Gasteiger charge is 2.04. The van der Waals surface area contributed by atoms with Crippen LogP contribution in [0.15, 0.2) is 4.99 Å². The van der Waals surface area contributed by atoms with Crippen LogP contribution in [0.2, 0.25) is 0 Å². The summed E-state index contributed by atoms with van der Waals surface area (Å²) in [6.07, 6.45) is 2.30. The van der Waals surface area contributed by atoms with E-state index in [4.69, 9.17) is 5.84 Å². The summed E-state index contributed by atoms with van der Waals surface area (Å²) in [5, 5.41) is 3.16. The van der Waals surface area contributed by atoms with Crippen LogP contribution < -0.4 is 16.6 Å². The van der Waals surface area contributed by atoms with Crippen molar-refractivity contribution in [3.8, 4) is 0 Å². The summed E-state index contributed by atoms with van der Waals surface area (Å²) in [6.45, 7) is 10.7. The Labute approximate surface area is 93.7 Å². The molecule has 0 rings (SSSR count). The average molecular weight is 214 g/mol. The van der Waals surface area contributed by atoms with Crippen molar-refractivity contribution in [3.63, 3.8) is 0 Å². The maximum atomic E-state index is 5.38. The summed E-state index contributed by atoms with van der Waals surface area (Å²) < 4.78 is 0. The third kappa shape index (κ3) is 8.24. The molecule has 0 aliphatic heterocycles. The summed E-state index contributed by atoms with van der Waals surface area (Å²) in [5.74, 6) is 6.80. The van der Waals surface area contributed by atoms with E-state index >= 15 is 0 Å². The summed E-state index contributed by atoms with van der Waals surface area (Å²) in [7, 11) is 0. The summed E-state index contributed by atoms with van der Waals surface area (Å²) in [4.78, 5) is 4.48. The van der Waals surface area contributed by atoms with Gasteiger partial charge in [0.2, 0.25) is 5.96 Å². The van der Waals surface area contributed by atoms with Crippen LogP contribution in [-0.2, 0) is 0 Å². The summed E-state index contributed by atoms with van der Waals surface area (Å²) >= 11 is 0. The minimum absolute atomic E-state index is 0.310. The lowest BCUT2D eigenvalue weighted by molar-refractivity contribution is 0.512. The van der Waals surface area contributed by atoms with Gasteiger partial charge in [-0.3, -0.25) is 5.43 Å². The Kier molecular flexibility index (Phi) is 7.13. The number of hydrogen-bond acceptors (Lipinski definition) is 2. The van der Waals surface area contributed by atoms with Gasteiger partial charge in [0.15, 0.2) is 0 Å². The van der Waals surface area contributed by atoms with Crippen molar-refractivity contribution in [1.82, 2.24) is 10.7 Å². The number of hydrazine groups is 1. The second-order valence-electron chi connectivity index (χ2n) is 4.74. The normalized spacial score (nSPS) is 14.5. The summed E-state index contributed by atoms with van der Waals surface area (Å²) in [6, 6.07) is 0.654. The summed E-state index contributed by atoms with van der Waals surface area (Å²) in [5.41, 5.74) is 2.59. The molecule has 4 nitrogen and oxygen atoms in total. The lowest BCUT2D eigenvalue weighted by atomic mass is 10.1. The third-order valence-electron chi connectivity index (χ3n) is 2.07. The molecule has 0 saturated carbocycles. The van der Waals surface area contributed by atoms with E-state index in [1.807, 2.05) is 0 Å². The Morgan fingerprint density at radius 2 is 1.73 bits per heavy atom. The minimum atomic E-state index is 0.310. The molecular formula is C11H26N4. The van der Waals surface area contributed by atoms with E-state index in [1.165, 1.54) is 6.42 Å². The van der Waals surface area contributed by atoms with Crippen LogP contribution in [0.1, 0.15) is 47.5 Å². The van der Waals surface area contributed by atoms with Gasteiger partial charge in [-0.15, -0.1) is 0 Å². The topological polar surface area (TPSA) is 62.4 Å². The zero-order valence-corrected chi connectivity index (χ0v) is 10.7. The van der Waals surface area contributed by atoms with Crippen LogP contribution in [0.3, 0.4) is 0 Å². The van der Waals surface area contributed by atoms with Gasteiger partial charge < -0.3 is 5.32 Å². The molecule has 0 bridgehead atoms. The molecule has 0 aromatic rings. The van der Waals surface area contributed by atoms with Crippen molar-refractivity contribution in [3.05, 3.63) is 0 Å². The standard InChI is InChI=1S/C11H26N4/c1-8(2)6-7-10(5)14-11(15-12)13-9(3)4/h8-10H,6-7,12H2,1-5H3,(H2,13,14,15). The molecular weight excluding hydrogens is 188 g/mol. The fourth-order valence-electron chi connectivity index (χ4n) is 1.25. The van der Waals surface area contributed by atoms with E-state index in [0.717, 1.165) is 12.3 Å². The Bertz CT molecular complexity index is 187. The highest BCUT2D eigenvalue weighted by molar-refractivity contribution is 5.79. The molecule has 0 aliphatic rings. The van der Waals surface area contributed by atoms with Gasteiger partial charge in [-0.1, -0.05) is 13.8 Å². The third-order valence-corrected chi connectivity index (χ3v) is 2.07. The number of nitrogens with two attached hydrogens (primary N) is 1. The van der Waals surface area contributed by atoms with Gasteiger partial charge in [0.1, 0.15) is 0 Å². The van der Waals surface area contributed by atoms with Crippen molar-refractivity contribution >= 4 is 5.96 Å². The van der Waals surface area contributed by atoms with Crippen molar-refractivity contribution in [1.29, 1.82) is 0 Å². The predicted octanol–water partition coefficient (Wildman–Crippen LogP) is 1.63. The van der Waals surface area contributed by atoms with Gasteiger partial charge in [0.25, 0.3) is 0 Å². The predicted molar refractivity (Wildman–Crippen MR) is 66.6 cm³/mol. The SMILES string of the molecule is CC(C)CCC(C)N=C(NN)NC(C)C. The Morgan fingerprint density at radius 3 is 2.13 bits per heavy atom. The average Bonchev–Trinajstić information content (AvgIpc) is 2.13. The van der Waals surface area contributed by atoms with E-state index < -0.39 is 0 Å². The maximum Gasteiger partial charge on any atom is 0.206 e. The zero-order chi connectivity index (χ0) is 11.8. The van der Waals surface area contributed by atoms with Gasteiger partial charge >= 0.3 is 0 Å². The smallest absolute Gasteiger partial charge is 0.206 e. The first kappa shape index (κ1) is 14.2. The van der Waals surface area contributed by atoms with Crippen molar-refractivity contribution < 1.29 is 0 Å². The lowest BCUT2D eigenvalue weighted by Crippen LogP contribution is -2.45. The van der Waals surface area contributed by atoms with Gasteiger partial charge in [-0.2, -0.15) is 0 Å². The Hall–Kier alpha value is -0.770. The molecule has 0 spiro atoms. The fourth-order valence-corrected chi connectivity index (χ4v) is 1.25. The molecule has 1 atom stereocenters. The number of guanidine groups is 1. The molecule has 0 amide bonds. The minimum Gasteiger partial charge on any atom is -0.353 e. The number of hydrogen-bond donors (Lipinski definition) is 3. The first-order valence-electron chi connectivity index (χ1n) is 5.76. The molecule has 0 fully saturated rings. The molecule has 0 heterocycles. The number of nitrogens with zero attached hydrogens (tertiary/aromatic N) is 1. The van der Waals surface area contributed by atoms with Crippen LogP contribution in [-0.4, -0.2) is 18.0 Å². The van der Waals surface area contributed by atoms with Crippen LogP contribution in [0.4, 0.5) is 0 Å². The van der Waals surface area contributed by atoms with Crippen LogP contribution in [0, 0.1) is 5.92 Å². The second-order valence-corrected chi connectivity index (χ2v) is 4.74. The van der Waals surface area contributed by atoms with Gasteiger partial charge in [0, 0.05) is 6.04 Å². The van der Waals surface area contributed by atoms with Crippen LogP contribution in [0.25, 0.3) is 0 Å². The van der Waals surface area contributed by atoms with E-state index in [-0.39, 0.29) is 0 Å². The van der Waals surface area contributed by atoms with Gasteiger partial charge in [0.05, 0.1) is 6.04 Å². The quantitative estimate of drug-likeness (QED) is 0.282. The fraction of sp³-hybridized carbons (Fsp3) is 0.909. The largest absolute Gasteiger partial charge is 0.353 e. The number of rotatable bonds is 5. The van der Waals surface area contributed by atoms with Gasteiger partial charge in [-0.05, 0) is 39.5 Å². The first-order valence-corrected chi connectivity index (χ1v) is 5.76. The monoisotopic (exact) mass is 214 g/mol. The molecule has 0 aliphatic carbocycles. The molecule has 0 saturated heterocycles. The Balaban J connectivity index is 4.04. The zero-order valence-electron chi connectivity index (χ0n) is 10.7. The number of aliphatic imine (C=N–C) groups is 1. The molecule has 1 unspecified atom stereocenters. The molecule has 4 heteroatoms. The van der Waals surface area contributed by atoms with Crippen molar-refractivity contribution in [2.45, 2.75) is 59.5 Å². The van der Waals surface area contributed by atoms with Crippen LogP contribution >= 0.6 is 0 Å². The van der Waals surface area contributed by atoms with Crippen molar-refractivity contribution in [2.75, 3.05) is 0 Å². The maximum absolute atomic E-state index is 5.38. The molecule has 90 valence electrons.